The molecule has 2 heterocycles. The van der Waals surface area contributed by atoms with Crippen molar-refractivity contribution in [1.29, 1.82) is 0 Å². The number of carbonyl (C=O) groups is 1. The van der Waals surface area contributed by atoms with E-state index in [1.54, 1.807) is 6.07 Å². The lowest BCUT2D eigenvalue weighted by Crippen LogP contribution is -2.32. The Morgan fingerprint density at radius 2 is 2.17 bits per heavy atom. The predicted molar refractivity (Wildman–Crippen MR) is 73.6 cm³/mol. The highest BCUT2D eigenvalue weighted by atomic mass is 19.4. The van der Waals surface area contributed by atoms with E-state index < -0.39 is 42.0 Å². The number of aromatic nitrogens is 2. The maximum atomic E-state index is 13.2. The van der Waals surface area contributed by atoms with Crippen molar-refractivity contribution in [3.05, 3.63) is 41.6 Å². The van der Waals surface area contributed by atoms with Gasteiger partial charge in [-0.1, -0.05) is 0 Å². The van der Waals surface area contributed by atoms with E-state index in [-0.39, 0.29) is 5.76 Å². The first-order chi connectivity index (χ1) is 10.8. The highest BCUT2D eigenvalue weighted by Gasteiger charge is 2.41. The lowest BCUT2D eigenvalue weighted by molar-refractivity contribution is -0.145. The molecule has 0 aliphatic carbocycles. The van der Waals surface area contributed by atoms with E-state index in [1.807, 2.05) is 0 Å². The SMILES string of the molecule is CC(C)n1ncc(C(=O)NC(CO)c2ccco2)c1C(F)(F)F. The van der Waals surface area contributed by atoms with E-state index in [1.165, 1.54) is 26.2 Å². The Morgan fingerprint density at radius 3 is 2.65 bits per heavy atom. The van der Waals surface area contributed by atoms with Gasteiger partial charge in [-0.05, 0) is 26.0 Å². The summed E-state index contributed by atoms with van der Waals surface area (Å²) in [6.07, 6.45) is -2.52. The molecule has 1 atom stereocenters. The number of hydrogen-bond acceptors (Lipinski definition) is 4. The van der Waals surface area contributed by atoms with Crippen molar-refractivity contribution in [3.8, 4) is 0 Å². The molecule has 0 aliphatic heterocycles. The largest absolute Gasteiger partial charge is 0.467 e. The van der Waals surface area contributed by atoms with Crippen LogP contribution in [0.15, 0.2) is 29.0 Å². The molecule has 0 radical (unpaired) electrons. The van der Waals surface area contributed by atoms with Crippen LogP contribution in [0, 0.1) is 0 Å². The van der Waals surface area contributed by atoms with Crippen molar-refractivity contribution < 1.29 is 27.5 Å². The molecule has 2 rings (SSSR count). The number of rotatable bonds is 5. The van der Waals surface area contributed by atoms with Gasteiger partial charge in [0, 0.05) is 6.04 Å². The number of amides is 1. The van der Waals surface area contributed by atoms with Gasteiger partial charge in [0.1, 0.15) is 11.8 Å². The quantitative estimate of drug-likeness (QED) is 0.882. The van der Waals surface area contributed by atoms with E-state index in [4.69, 9.17) is 4.42 Å². The molecular formula is C14H16F3N3O3. The molecule has 0 saturated carbocycles. The van der Waals surface area contributed by atoms with Gasteiger partial charge >= 0.3 is 6.18 Å². The van der Waals surface area contributed by atoms with Crippen molar-refractivity contribution in [2.45, 2.75) is 32.1 Å². The molecule has 9 heteroatoms. The summed E-state index contributed by atoms with van der Waals surface area (Å²) in [6.45, 7) is 2.55. The summed E-state index contributed by atoms with van der Waals surface area (Å²) < 4.78 is 45.5. The summed E-state index contributed by atoms with van der Waals surface area (Å²) in [5.41, 5.74) is -1.72. The molecule has 0 fully saturated rings. The number of halogens is 3. The van der Waals surface area contributed by atoms with Crippen LogP contribution in [-0.4, -0.2) is 27.4 Å². The van der Waals surface area contributed by atoms with Crippen LogP contribution in [0.5, 0.6) is 0 Å². The average molecular weight is 331 g/mol. The Labute approximate surface area is 129 Å². The number of alkyl halides is 3. The highest BCUT2D eigenvalue weighted by Crippen LogP contribution is 2.33. The second-order valence-corrected chi connectivity index (χ2v) is 5.17. The molecule has 0 aliphatic rings. The number of carbonyl (C=O) groups excluding carboxylic acids is 1. The van der Waals surface area contributed by atoms with E-state index in [9.17, 15) is 23.1 Å². The number of aliphatic hydroxyl groups excluding tert-OH is 1. The van der Waals surface area contributed by atoms with Crippen LogP contribution in [0.3, 0.4) is 0 Å². The Morgan fingerprint density at radius 1 is 1.48 bits per heavy atom. The van der Waals surface area contributed by atoms with E-state index in [2.05, 4.69) is 10.4 Å². The molecular weight excluding hydrogens is 315 g/mol. The van der Waals surface area contributed by atoms with Crippen molar-refractivity contribution in [2.75, 3.05) is 6.61 Å². The lowest BCUT2D eigenvalue weighted by atomic mass is 10.1. The van der Waals surface area contributed by atoms with Gasteiger partial charge in [-0.15, -0.1) is 0 Å². The van der Waals surface area contributed by atoms with Gasteiger partial charge in [0.25, 0.3) is 5.91 Å². The third kappa shape index (κ3) is 3.55. The molecule has 0 spiro atoms. The molecule has 2 aromatic heterocycles. The van der Waals surface area contributed by atoms with Crippen molar-refractivity contribution >= 4 is 5.91 Å². The van der Waals surface area contributed by atoms with Crippen LogP contribution in [0.25, 0.3) is 0 Å². The maximum Gasteiger partial charge on any atom is 0.433 e. The van der Waals surface area contributed by atoms with Gasteiger partial charge < -0.3 is 14.8 Å². The Balaban J connectivity index is 2.33. The topological polar surface area (TPSA) is 80.3 Å². The van der Waals surface area contributed by atoms with Gasteiger partial charge in [-0.3, -0.25) is 9.48 Å². The Hall–Kier alpha value is -2.29. The monoisotopic (exact) mass is 331 g/mol. The smallest absolute Gasteiger partial charge is 0.433 e. The second kappa shape index (κ2) is 6.45. The molecule has 6 nitrogen and oxygen atoms in total. The summed E-state index contributed by atoms with van der Waals surface area (Å²) in [6, 6.07) is 1.54. The first kappa shape index (κ1) is 17.1. The van der Waals surface area contributed by atoms with E-state index in [0.29, 0.717) is 0 Å². The first-order valence-corrected chi connectivity index (χ1v) is 6.85. The standard InChI is InChI=1S/C14H16F3N3O3/c1-8(2)20-12(14(15,16)17)9(6-18-20)13(22)19-10(7-21)11-4-3-5-23-11/h3-6,8,10,21H,7H2,1-2H3,(H,19,22). The van der Waals surface area contributed by atoms with Crippen molar-refractivity contribution in [3.63, 3.8) is 0 Å². The molecule has 0 bridgehead atoms. The summed E-state index contributed by atoms with van der Waals surface area (Å²) >= 11 is 0. The van der Waals surface area contributed by atoms with E-state index in [0.717, 1.165) is 10.9 Å². The van der Waals surface area contributed by atoms with Crippen LogP contribution in [0.2, 0.25) is 0 Å². The number of nitrogens with zero attached hydrogens (tertiary/aromatic N) is 2. The average Bonchev–Trinajstić information content (AvgIpc) is 3.12. The summed E-state index contributed by atoms with van der Waals surface area (Å²) in [7, 11) is 0. The van der Waals surface area contributed by atoms with Crippen LogP contribution >= 0.6 is 0 Å². The zero-order chi connectivity index (χ0) is 17.2. The molecule has 0 aromatic carbocycles. The molecule has 1 unspecified atom stereocenters. The minimum absolute atomic E-state index is 0.241. The Kier molecular flexibility index (Phi) is 4.79. The fourth-order valence-corrected chi connectivity index (χ4v) is 2.13. The van der Waals surface area contributed by atoms with Crippen LogP contribution in [0.4, 0.5) is 13.2 Å². The zero-order valence-corrected chi connectivity index (χ0v) is 12.5. The molecule has 0 saturated heterocycles. The lowest BCUT2D eigenvalue weighted by Gasteiger charge is -2.17. The molecule has 2 N–H and O–H groups in total. The minimum Gasteiger partial charge on any atom is -0.467 e. The molecule has 23 heavy (non-hydrogen) atoms. The van der Waals surface area contributed by atoms with Crippen LogP contribution in [0.1, 0.15) is 47.7 Å². The maximum absolute atomic E-state index is 13.2. The fraction of sp³-hybridized carbons (Fsp3) is 0.429. The summed E-state index contributed by atoms with van der Waals surface area (Å²) in [4.78, 5) is 12.2. The number of nitrogens with one attached hydrogen (secondary N) is 1. The van der Waals surface area contributed by atoms with Crippen LogP contribution in [-0.2, 0) is 6.18 Å². The summed E-state index contributed by atoms with van der Waals surface area (Å²) in [5.74, 6) is -0.745. The van der Waals surface area contributed by atoms with Crippen molar-refractivity contribution in [2.24, 2.45) is 0 Å². The molecule has 1 amide bonds. The van der Waals surface area contributed by atoms with Crippen LogP contribution < -0.4 is 5.32 Å². The van der Waals surface area contributed by atoms with Gasteiger partial charge in [-0.25, -0.2) is 0 Å². The molecule has 126 valence electrons. The third-order valence-electron chi connectivity index (χ3n) is 3.17. The number of furan rings is 1. The summed E-state index contributed by atoms with van der Waals surface area (Å²) in [5, 5.41) is 15.3. The van der Waals surface area contributed by atoms with Gasteiger partial charge in [0.15, 0.2) is 5.69 Å². The predicted octanol–water partition coefficient (Wildman–Crippen LogP) is 2.54. The van der Waals surface area contributed by atoms with E-state index >= 15 is 0 Å². The van der Waals surface area contributed by atoms with Gasteiger partial charge in [-0.2, -0.15) is 18.3 Å². The molecule has 2 aromatic rings. The van der Waals surface area contributed by atoms with Gasteiger partial charge in [0.05, 0.1) is 24.6 Å². The highest BCUT2D eigenvalue weighted by molar-refractivity contribution is 5.95. The Bertz CT molecular complexity index is 663. The van der Waals surface area contributed by atoms with Gasteiger partial charge in [0.2, 0.25) is 0 Å². The van der Waals surface area contributed by atoms with Crippen molar-refractivity contribution in [1.82, 2.24) is 15.1 Å². The zero-order valence-electron chi connectivity index (χ0n) is 12.5. The second-order valence-electron chi connectivity index (χ2n) is 5.17. The minimum atomic E-state index is -4.73. The number of aliphatic hydroxyl groups is 1. The fourth-order valence-electron chi connectivity index (χ4n) is 2.13. The normalized spacial score (nSPS) is 13.3. The first-order valence-electron chi connectivity index (χ1n) is 6.85. The number of hydrogen-bond donors (Lipinski definition) is 2. The third-order valence-corrected chi connectivity index (χ3v) is 3.17.